The van der Waals surface area contributed by atoms with Gasteiger partial charge in [0.2, 0.25) is 0 Å². The quantitative estimate of drug-likeness (QED) is 0.812. The summed E-state index contributed by atoms with van der Waals surface area (Å²) >= 11 is 0. The number of aromatic nitrogens is 1. The Morgan fingerprint density at radius 2 is 2.04 bits per heavy atom. The van der Waals surface area contributed by atoms with Crippen LogP contribution in [0.3, 0.4) is 0 Å². The second-order valence-electron chi connectivity index (χ2n) is 7.09. The molecule has 2 fully saturated rings. The molecule has 3 heterocycles. The highest BCUT2D eigenvalue weighted by Gasteiger charge is 2.38. The summed E-state index contributed by atoms with van der Waals surface area (Å²) in [7, 11) is 0. The monoisotopic (exact) mass is 306 g/mol. The number of piperazine rings is 1. The van der Waals surface area contributed by atoms with Crippen LogP contribution in [0.4, 0.5) is 5.69 Å². The van der Waals surface area contributed by atoms with Crippen LogP contribution in [0.15, 0.2) is 30.5 Å². The normalized spacial score (nSPS) is 27.9. The van der Waals surface area contributed by atoms with E-state index in [1.54, 1.807) is 6.20 Å². The first-order valence-corrected chi connectivity index (χ1v) is 8.46. The third kappa shape index (κ3) is 2.36. The molecule has 0 radical (unpaired) electrons. The third-order valence-corrected chi connectivity index (χ3v) is 5.36. The molecule has 0 bridgehead atoms. The zero-order valence-electron chi connectivity index (χ0n) is 13.7. The summed E-state index contributed by atoms with van der Waals surface area (Å²) in [6.07, 6.45) is 3.06. The Kier molecular flexibility index (Phi) is 3.46. The first-order chi connectivity index (χ1) is 11.2. The summed E-state index contributed by atoms with van der Waals surface area (Å²) in [5, 5.41) is 10.4. The van der Waals surface area contributed by atoms with Crippen LogP contribution in [-0.4, -0.2) is 41.6 Å². The number of benzene rings is 1. The highest BCUT2D eigenvalue weighted by molar-refractivity contribution is 5.95. The Morgan fingerprint density at radius 3 is 2.87 bits per heavy atom. The minimum atomic E-state index is 0.570. The van der Waals surface area contributed by atoms with Gasteiger partial charge < -0.3 is 4.90 Å². The largest absolute Gasteiger partial charge is 0.368 e. The summed E-state index contributed by atoms with van der Waals surface area (Å²) in [5.74, 6) is 0.793. The Bertz CT molecular complexity index is 779. The number of rotatable bonds is 1. The zero-order valence-corrected chi connectivity index (χ0v) is 13.7. The maximum atomic E-state index is 9.32. The van der Waals surface area contributed by atoms with Gasteiger partial charge in [-0.15, -0.1) is 0 Å². The van der Waals surface area contributed by atoms with E-state index in [9.17, 15) is 5.26 Å². The van der Waals surface area contributed by atoms with Gasteiger partial charge >= 0.3 is 0 Å². The first kappa shape index (κ1) is 14.5. The number of pyridine rings is 1. The molecule has 0 spiro atoms. The van der Waals surface area contributed by atoms with Crippen molar-refractivity contribution < 1.29 is 0 Å². The number of anilines is 1. The van der Waals surface area contributed by atoms with Crippen molar-refractivity contribution in [2.45, 2.75) is 32.4 Å². The topological polar surface area (TPSA) is 43.2 Å². The molecule has 2 aliphatic rings. The number of fused-ring (bicyclic) bond motifs is 2. The number of nitriles is 1. The van der Waals surface area contributed by atoms with Crippen molar-refractivity contribution in [2.75, 3.05) is 24.5 Å². The Balaban J connectivity index is 1.74. The van der Waals surface area contributed by atoms with Crippen LogP contribution in [-0.2, 0) is 0 Å². The lowest BCUT2D eigenvalue weighted by molar-refractivity contribution is 0.164. The van der Waals surface area contributed by atoms with Gasteiger partial charge in [-0.25, -0.2) is 0 Å². The maximum absolute atomic E-state index is 9.32. The van der Waals surface area contributed by atoms with Gasteiger partial charge in [-0.2, -0.15) is 5.26 Å². The fraction of sp³-hybridized carbons (Fsp3) is 0.474. The average molecular weight is 306 g/mol. The van der Waals surface area contributed by atoms with Crippen molar-refractivity contribution in [3.63, 3.8) is 0 Å². The molecule has 0 N–H and O–H groups in total. The molecule has 1 aromatic carbocycles. The van der Waals surface area contributed by atoms with Gasteiger partial charge in [0.05, 0.1) is 11.1 Å². The van der Waals surface area contributed by atoms with Crippen molar-refractivity contribution in [2.24, 2.45) is 5.92 Å². The fourth-order valence-corrected chi connectivity index (χ4v) is 4.38. The van der Waals surface area contributed by atoms with Crippen LogP contribution in [0, 0.1) is 17.2 Å². The van der Waals surface area contributed by atoms with Gasteiger partial charge in [-0.1, -0.05) is 6.92 Å². The molecule has 2 saturated heterocycles. The maximum Gasteiger partial charge on any atom is 0.101 e. The van der Waals surface area contributed by atoms with E-state index in [1.807, 2.05) is 12.1 Å². The highest BCUT2D eigenvalue weighted by Crippen LogP contribution is 2.34. The molecule has 23 heavy (non-hydrogen) atoms. The van der Waals surface area contributed by atoms with E-state index >= 15 is 0 Å². The van der Waals surface area contributed by atoms with Crippen molar-refractivity contribution >= 4 is 16.6 Å². The van der Waals surface area contributed by atoms with Gasteiger partial charge in [0.1, 0.15) is 6.07 Å². The van der Waals surface area contributed by atoms with Crippen LogP contribution in [0.2, 0.25) is 0 Å². The molecule has 118 valence electrons. The second-order valence-corrected chi connectivity index (χ2v) is 7.09. The lowest BCUT2D eigenvalue weighted by Crippen LogP contribution is -2.55. The predicted molar refractivity (Wildman–Crippen MR) is 92.4 cm³/mol. The van der Waals surface area contributed by atoms with Gasteiger partial charge in [0.15, 0.2) is 0 Å². The van der Waals surface area contributed by atoms with Crippen LogP contribution in [0.5, 0.6) is 0 Å². The molecular formula is C19H22N4. The van der Waals surface area contributed by atoms with Gasteiger partial charge in [-0.05, 0) is 43.5 Å². The molecule has 3 unspecified atom stereocenters. The Morgan fingerprint density at radius 1 is 1.17 bits per heavy atom. The highest BCUT2D eigenvalue weighted by atomic mass is 15.3. The van der Waals surface area contributed by atoms with Gasteiger partial charge in [0.25, 0.3) is 0 Å². The van der Waals surface area contributed by atoms with E-state index in [0.717, 1.165) is 29.9 Å². The van der Waals surface area contributed by atoms with Gasteiger partial charge in [-0.3, -0.25) is 9.88 Å². The molecule has 0 amide bonds. The van der Waals surface area contributed by atoms with E-state index in [2.05, 4.69) is 46.8 Å². The molecule has 2 aliphatic heterocycles. The predicted octanol–water partition coefficient (Wildman–Crippen LogP) is 3.03. The Labute approximate surface area is 137 Å². The van der Waals surface area contributed by atoms with E-state index < -0.39 is 0 Å². The fourth-order valence-electron chi connectivity index (χ4n) is 4.38. The molecule has 0 aliphatic carbocycles. The van der Waals surface area contributed by atoms with Crippen LogP contribution in [0.25, 0.3) is 10.9 Å². The average Bonchev–Trinajstić information content (AvgIpc) is 2.94. The molecule has 4 rings (SSSR count). The summed E-state index contributed by atoms with van der Waals surface area (Å²) in [5.41, 5.74) is 2.70. The van der Waals surface area contributed by atoms with E-state index in [1.165, 1.54) is 18.7 Å². The van der Waals surface area contributed by atoms with Crippen molar-refractivity contribution in [1.29, 1.82) is 5.26 Å². The molecule has 1 aromatic heterocycles. The van der Waals surface area contributed by atoms with Crippen LogP contribution >= 0.6 is 0 Å². The number of hydrogen-bond donors (Lipinski definition) is 0. The van der Waals surface area contributed by atoms with Crippen LogP contribution < -0.4 is 4.90 Å². The van der Waals surface area contributed by atoms with Crippen molar-refractivity contribution in [3.05, 3.63) is 36.0 Å². The van der Waals surface area contributed by atoms with Gasteiger partial charge in [0, 0.05) is 49.0 Å². The summed E-state index contributed by atoms with van der Waals surface area (Å²) < 4.78 is 0. The first-order valence-electron chi connectivity index (χ1n) is 8.46. The molecule has 2 aromatic rings. The minimum Gasteiger partial charge on any atom is -0.368 e. The molecule has 4 heteroatoms. The standard InChI is InChI=1S/C19H22N4/c1-13-8-16-12-22(11-14(2)23(16)10-13)18-6-5-15(9-20)19-17(18)4-3-7-21-19/h3-7,13-14,16H,8,10-12H2,1-2H3. The molecule has 3 atom stereocenters. The lowest BCUT2D eigenvalue weighted by Gasteiger charge is -2.43. The minimum absolute atomic E-state index is 0.570. The Hall–Kier alpha value is -2.12. The second kappa shape index (κ2) is 5.50. The summed E-state index contributed by atoms with van der Waals surface area (Å²) in [6.45, 7) is 8.04. The SMILES string of the molecule is CC1CC2CN(c3ccc(C#N)c4ncccc34)CC(C)N2C1. The number of nitrogens with zero attached hydrogens (tertiary/aromatic N) is 4. The van der Waals surface area contributed by atoms with Crippen molar-refractivity contribution in [1.82, 2.24) is 9.88 Å². The smallest absolute Gasteiger partial charge is 0.101 e. The van der Waals surface area contributed by atoms with E-state index in [-0.39, 0.29) is 0 Å². The molecule has 4 nitrogen and oxygen atoms in total. The lowest BCUT2D eigenvalue weighted by atomic mass is 10.0. The summed E-state index contributed by atoms with van der Waals surface area (Å²) in [4.78, 5) is 9.61. The number of hydrogen-bond acceptors (Lipinski definition) is 4. The van der Waals surface area contributed by atoms with Crippen LogP contribution in [0.1, 0.15) is 25.8 Å². The van der Waals surface area contributed by atoms with E-state index in [4.69, 9.17) is 0 Å². The summed E-state index contributed by atoms with van der Waals surface area (Å²) in [6, 6.07) is 11.6. The molecular weight excluding hydrogens is 284 g/mol. The molecule has 0 saturated carbocycles. The van der Waals surface area contributed by atoms with E-state index in [0.29, 0.717) is 17.6 Å². The third-order valence-electron chi connectivity index (χ3n) is 5.36. The van der Waals surface area contributed by atoms with Crippen molar-refractivity contribution in [3.8, 4) is 6.07 Å². The zero-order chi connectivity index (χ0) is 16.0.